The molecule has 0 spiro atoms. The number of carbonyl (C=O) groups is 1. The van der Waals surface area contributed by atoms with Gasteiger partial charge in [-0.15, -0.1) is 0 Å². The van der Waals surface area contributed by atoms with Crippen molar-refractivity contribution in [3.8, 4) is 0 Å². The van der Waals surface area contributed by atoms with Gasteiger partial charge in [0.1, 0.15) is 0 Å². The lowest BCUT2D eigenvalue weighted by Gasteiger charge is -2.23. The first-order chi connectivity index (χ1) is 9.52. The minimum Gasteiger partial charge on any atom is -0.393 e. The lowest BCUT2D eigenvalue weighted by atomic mass is 10.1. The van der Waals surface area contributed by atoms with Gasteiger partial charge in [-0.2, -0.15) is 0 Å². The van der Waals surface area contributed by atoms with Crippen molar-refractivity contribution in [1.29, 1.82) is 0 Å². The number of nitrogens with two attached hydrogens (primary N) is 1. The molecule has 0 radical (unpaired) electrons. The zero-order chi connectivity index (χ0) is 15.0. The Bertz CT molecular complexity index is 436. The van der Waals surface area contributed by atoms with E-state index in [0.29, 0.717) is 24.6 Å². The molecule has 1 unspecified atom stereocenters. The number of carbonyl (C=O) groups excluding carboxylic acids is 1. The average molecular weight is 293 g/mol. The van der Waals surface area contributed by atoms with Crippen LogP contribution >= 0.6 is 12.2 Å². The fourth-order valence-electron chi connectivity index (χ4n) is 1.84. The highest BCUT2D eigenvalue weighted by molar-refractivity contribution is 7.80. The van der Waals surface area contributed by atoms with E-state index in [2.05, 4.69) is 5.32 Å². The van der Waals surface area contributed by atoms with Crippen LogP contribution in [0.4, 0.5) is 0 Å². The van der Waals surface area contributed by atoms with Gasteiger partial charge in [0, 0.05) is 19.0 Å². The van der Waals surface area contributed by atoms with Gasteiger partial charge < -0.3 is 11.1 Å². The lowest BCUT2D eigenvalue weighted by molar-refractivity contribution is -0.122. The van der Waals surface area contributed by atoms with Crippen molar-refractivity contribution in [2.24, 2.45) is 11.7 Å². The number of likely N-dealkylation sites (N-methyl/N-ethyl adjacent to an activating group) is 1. The molecule has 0 fully saturated rings. The first-order valence-corrected chi connectivity index (χ1v) is 7.26. The normalized spacial score (nSPS) is 12.2. The second kappa shape index (κ2) is 8.66. The van der Waals surface area contributed by atoms with E-state index >= 15 is 0 Å². The molecule has 4 nitrogen and oxygen atoms in total. The molecule has 20 heavy (non-hydrogen) atoms. The lowest BCUT2D eigenvalue weighted by Crippen LogP contribution is -2.40. The first kappa shape index (κ1) is 16.6. The monoisotopic (exact) mass is 293 g/mol. The number of benzene rings is 1. The van der Waals surface area contributed by atoms with Gasteiger partial charge in [0.25, 0.3) is 0 Å². The number of hydrogen-bond acceptors (Lipinski definition) is 3. The van der Waals surface area contributed by atoms with Gasteiger partial charge in [0.05, 0.1) is 11.5 Å². The number of thiocarbonyl (C=S) groups is 1. The van der Waals surface area contributed by atoms with Gasteiger partial charge in [-0.3, -0.25) is 9.69 Å². The Morgan fingerprint density at radius 1 is 1.40 bits per heavy atom. The van der Waals surface area contributed by atoms with E-state index in [1.165, 1.54) is 0 Å². The highest BCUT2D eigenvalue weighted by Gasteiger charge is 2.13. The fourth-order valence-corrected chi connectivity index (χ4v) is 1.91. The Labute approximate surface area is 126 Å². The summed E-state index contributed by atoms with van der Waals surface area (Å²) in [5, 5.41) is 2.92. The molecule has 0 aliphatic heterocycles. The van der Waals surface area contributed by atoms with Gasteiger partial charge in [0.15, 0.2) is 0 Å². The van der Waals surface area contributed by atoms with E-state index in [1.807, 2.05) is 49.1 Å². The molecule has 1 atom stereocenters. The third-order valence-electron chi connectivity index (χ3n) is 3.16. The summed E-state index contributed by atoms with van der Waals surface area (Å²) in [4.78, 5) is 14.5. The molecule has 1 aromatic carbocycles. The van der Waals surface area contributed by atoms with Gasteiger partial charge in [-0.1, -0.05) is 56.4 Å². The summed E-state index contributed by atoms with van der Waals surface area (Å²) in [7, 11) is 0. The summed E-state index contributed by atoms with van der Waals surface area (Å²) >= 11 is 4.96. The van der Waals surface area contributed by atoms with Crippen molar-refractivity contribution in [1.82, 2.24) is 10.2 Å². The minimum absolute atomic E-state index is 0.0193. The maximum Gasteiger partial charge on any atom is 0.234 e. The fraction of sp³-hybridized carbons (Fsp3) is 0.467. The second-order valence-electron chi connectivity index (χ2n) is 4.89. The Balaban J connectivity index is 2.37. The molecular formula is C15H23N3OS. The van der Waals surface area contributed by atoms with Crippen molar-refractivity contribution in [3.05, 3.63) is 35.9 Å². The summed E-state index contributed by atoms with van der Waals surface area (Å²) in [5.41, 5.74) is 6.71. The molecule has 0 aliphatic carbocycles. The Kier molecular flexibility index (Phi) is 7.18. The van der Waals surface area contributed by atoms with Gasteiger partial charge in [-0.25, -0.2) is 0 Å². The molecule has 0 heterocycles. The first-order valence-electron chi connectivity index (χ1n) is 6.85. The van der Waals surface area contributed by atoms with Crippen molar-refractivity contribution >= 4 is 23.1 Å². The van der Waals surface area contributed by atoms with Crippen LogP contribution in [0.25, 0.3) is 0 Å². The van der Waals surface area contributed by atoms with E-state index in [9.17, 15) is 4.79 Å². The molecule has 0 aromatic heterocycles. The summed E-state index contributed by atoms with van der Waals surface area (Å²) in [5.74, 6) is 0.137. The molecule has 1 aromatic rings. The van der Waals surface area contributed by atoms with Gasteiger partial charge >= 0.3 is 0 Å². The number of amides is 1. The van der Waals surface area contributed by atoms with E-state index in [4.69, 9.17) is 18.0 Å². The second-order valence-corrected chi connectivity index (χ2v) is 5.36. The Hall–Kier alpha value is -1.46. The number of rotatable bonds is 8. The van der Waals surface area contributed by atoms with Gasteiger partial charge in [-0.05, 0) is 12.1 Å². The third kappa shape index (κ3) is 6.12. The van der Waals surface area contributed by atoms with Gasteiger partial charge in [0.2, 0.25) is 5.91 Å². The highest BCUT2D eigenvalue weighted by atomic mass is 32.1. The van der Waals surface area contributed by atoms with Crippen molar-refractivity contribution < 1.29 is 4.79 Å². The molecule has 0 aliphatic rings. The zero-order valence-electron chi connectivity index (χ0n) is 12.1. The van der Waals surface area contributed by atoms with Crippen LogP contribution in [-0.2, 0) is 11.3 Å². The largest absolute Gasteiger partial charge is 0.393 e. The van der Waals surface area contributed by atoms with Crippen LogP contribution in [0, 0.1) is 5.92 Å². The maximum atomic E-state index is 11.9. The van der Waals surface area contributed by atoms with Crippen LogP contribution < -0.4 is 11.1 Å². The summed E-state index contributed by atoms with van der Waals surface area (Å²) in [6.07, 6.45) is 0. The molecule has 3 N–H and O–H groups in total. The average Bonchev–Trinajstić information content (AvgIpc) is 2.45. The number of nitrogens with one attached hydrogen (secondary N) is 1. The molecule has 0 saturated carbocycles. The van der Waals surface area contributed by atoms with Crippen LogP contribution in [0.1, 0.15) is 19.4 Å². The van der Waals surface area contributed by atoms with E-state index in [-0.39, 0.29) is 11.8 Å². The zero-order valence-corrected chi connectivity index (χ0v) is 13.0. The Morgan fingerprint density at radius 2 is 2.05 bits per heavy atom. The molecule has 0 bridgehead atoms. The van der Waals surface area contributed by atoms with Crippen LogP contribution in [0.5, 0.6) is 0 Å². The summed E-state index contributed by atoms with van der Waals surface area (Å²) < 4.78 is 0. The summed E-state index contributed by atoms with van der Waals surface area (Å²) in [6.45, 7) is 6.44. The summed E-state index contributed by atoms with van der Waals surface area (Å²) in [6, 6.07) is 9.87. The van der Waals surface area contributed by atoms with E-state index in [1.54, 1.807) is 0 Å². The molecule has 0 saturated heterocycles. The Morgan fingerprint density at radius 3 is 2.60 bits per heavy atom. The number of hydrogen-bond donors (Lipinski definition) is 2. The number of nitrogens with zero attached hydrogens (tertiary/aromatic N) is 1. The SMILES string of the molecule is CCN(CC(=O)NCc1ccccc1)CC(C)C(N)=S. The van der Waals surface area contributed by atoms with E-state index < -0.39 is 0 Å². The predicted molar refractivity (Wildman–Crippen MR) is 86.4 cm³/mol. The smallest absolute Gasteiger partial charge is 0.234 e. The van der Waals surface area contributed by atoms with Crippen molar-refractivity contribution in [2.75, 3.05) is 19.6 Å². The van der Waals surface area contributed by atoms with Crippen LogP contribution in [0.15, 0.2) is 30.3 Å². The third-order valence-corrected chi connectivity index (χ3v) is 3.57. The molecule has 5 heteroatoms. The topological polar surface area (TPSA) is 58.4 Å². The minimum atomic E-state index is 0.0193. The molecule has 1 amide bonds. The molecule has 110 valence electrons. The maximum absolute atomic E-state index is 11.9. The standard InChI is InChI=1S/C15H23N3OS/c1-3-18(10-12(2)15(16)20)11-14(19)17-9-13-7-5-4-6-8-13/h4-8,12H,3,9-11H2,1-2H3,(H2,16,20)(H,17,19). The van der Waals surface area contributed by atoms with Crippen LogP contribution in [0.3, 0.4) is 0 Å². The van der Waals surface area contributed by atoms with E-state index in [0.717, 1.165) is 12.1 Å². The van der Waals surface area contributed by atoms with Crippen LogP contribution in [0.2, 0.25) is 0 Å². The molecular weight excluding hydrogens is 270 g/mol. The highest BCUT2D eigenvalue weighted by Crippen LogP contribution is 2.01. The van der Waals surface area contributed by atoms with Crippen LogP contribution in [-0.4, -0.2) is 35.4 Å². The molecule has 1 rings (SSSR count). The predicted octanol–water partition coefficient (Wildman–Crippen LogP) is 1.55. The van der Waals surface area contributed by atoms with Crippen molar-refractivity contribution in [2.45, 2.75) is 20.4 Å². The van der Waals surface area contributed by atoms with Crippen molar-refractivity contribution in [3.63, 3.8) is 0 Å². The quantitative estimate of drug-likeness (QED) is 0.714.